The molecule has 0 radical (unpaired) electrons. The minimum Gasteiger partial charge on any atom is -0.480 e. The normalized spacial score (nSPS) is 19.6. The van der Waals surface area contributed by atoms with Gasteiger partial charge < -0.3 is 10.0 Å². The number of thioether (sulfide) groups is 1. The van der Waals surface area contributed by atoms with Crippen molar-refractivity contribution in [3.05, 3.63) is 30.5 Å². The van der Waals surface area contributed by atoms with Crippen LogP contribution in [0.1, 0.15) is 0 Å². The molecule has 0 spiro atoms. The smallest absolute Gasteiger partial charge is 0.327 e. The Bertz CT molecular complexity index is 620. The van der Waals surface area contributed by atoms with Crippen LogP contribution < -0.4 is 4.90 Å². The number of aromatic nitrogens is 2. The molecule has 1 aliphatic heterocycles. The third-order valence-electron chi connectivity index (χ3n) is 3.14. The van der Waals surface area contributed by atoms with Gasteiger partial charge in [-0.15, -0.1) is 0 Å². The van der Waals surface area contributed by atoms with Gasteiger partial charge in [0, 0.05) is 18.1 Å². The van der Waals surface area contributed by atoms with Crippen LogP contribution in [-0.4, -0.2) is 45.1 Å². The molecular formula is C13H13N3O2S. The van der Waals surface area contributed by atoms with E-state index in [0.717, 1.165) is 16.8 Å². The van der Waals surface area contributed by atoms with Gasteiger partial charge in [-0.1, -0.05) is 12.1 Å². The van der Waals surface area contributed by atoms with E-state index < -0.39 is 12.0 Å². The molecule has 5 nitrogen and oxygen atoms in total. The minimum atomic E-state index is -0.804. The summed E-state index contributed by atoms with van der Waals surface area (Å²) in [4.78, 5) is 22.0. The van der Waals surface area contributed by atoms with Crippen LogP contribution in [0, 0.1) is 0 Å². The minimum absolute atomic E-state index is 0.519. The second kappa shape index (κ2) is 5.05. The van der Waals surface area contributed by atoms with Crippen LogP contribution in [-0.2, 0) is 4.79 Å². The topological polar surface area (TPSA) is 66.3 Å². The summed E-state index contributed by atoms with van der Waals surface area (Å²) in [5.41, 5.74) is 1.62. The number of carboxylic acid groups (broad SMARTS) is 1. The first-order valence-corrected chi connectivity index (χ1v) is 7.20. The quantitative estimate of drug-likeness (QED) is 0.898. The molecule has 19 heavy (non-hydrogen) atoms. The first kappa shape index (κ1) is 12.2. The molecule has 3 rings (SSSR count). The molecule has 1 atom stereocenters. The molecule has 1 N–H and O–H groups in total. The lowest BCUT2D eigenvalue weighted by atomic mass is 10.2. The Morgan fingerprint density at radius 3 is 2.95 bits per heavy atom. The van der Waals surface area contributed by atoms with Gasteiger partial charge in [-0.2, -0.15) is 11.8 Å². The highest BCUT2D eigenvalue weighted by molar-refractivity contribution is 7.99. The summed E-state index contributed by atoms with van der Waals surface area (Å²) >= 11 is 1.66. The van der Waals surface area contributed by atoms with Gasteiger partial charge in [0.1, 0.15) is 11.9 Å². The molecule has 0 saturated carbocycles. The number of para-hydroxylation sites is 2. The summed E-state index contributed by atoms with van der Waals surface area (Å²) < 4.78 is 0. The molecule has 1 aromatic carbocycles. The Kier molecular flexibility index (Phi) is 3.25. The molecule has 1 fully saturated rings. The molecule has 0 aliphatic carbocycles. The van der Waals surface area contributed by atoms with Gasteiger partial charge in [-0.25, -0.2) is 9.78 Å². The molecule has 6 heteroatoms. The molecule has 1 aromatic heterocycles. The molecule has 98 valence electrons. The van der Waals surface area contributed by atoms with Crippen LogP contribution in [0.5, 0.6) is 0 Å². The lowest BCUT2D eigenvalue weighted by Crippen LogP contribution is -2.47. The summed E-state index contributed by atoms with van der Waals surface area (Å²) in [5.74, 6) is 1.34. The molecule has 2 aromatic rings. The van der Waals surface area contributed by atoms with E-state index in [1.54, 1.807) is 18.0 Å². The molecule has 0 amide bonds. The Morgan fingerprint density at radius 2 is 2.16 bits per heavy atom. The number of anilines is 1. The van der Waals surface area contributed by atoms with E-state index in [4.69, 9.17) is 0 Å². The fourth-order valence-electron chi connectivity index (χ4n) is 2.17. The number of benzene rings is 1. The van der Waals surface area contributed by atoms with Crippen LogP contribution in [0.15, 0.2) is 30.5 Å². The zero-order chi connectivity index (χ0) is 13.2. The monoisotopic (exact) mass is 275 g/mol. The zero-order valence-corrected chi connectivity index (χ0v) is 11.0. The van der Waals surface area contributed by atoms with Gasteiger partial charge in [-0.3, -0.25) is 4.98 Å². The number of fused-ring (bicyclic) bond motifs is 1. The van der Waals surface area contributed by atoms with Crippen LogP contribution in [0.3, 0.4) is 0 Å². The maximum atomic E-state index is 11.3. The van der Waals surface area contributed by atoms with Crippen molar-refractivity contribution in [3.63, 3.8) is 0 Å². The summed E-state index contributed by atoms with van der Waals surface area (Å²) in [5, 5.41) is 9.28. The first-order valence-electron chi connectivity index (χ1n) is 6.05. The van der Waals surface area contributed by atoms with Gasteiger partial charge in [0.15, 0.2) is 0 Å². The summed E-state index contributed by atoms with van der Waals surface area (Å²) in [6, 6.07) is 7.08. The number of nitrogens with zero attached hydrogens (tertiary/aromatic N) is 3. The van der Waals surface area contributed by atoms with Gasteiger partial charge in [-0.05, 0) is 12.1 Å². The molecule has 1 aliphatic rings. The van der Waals surface area contributed by atoms with Crippen LogP contribution >= 0.6 is 11.8 Å². The summed E-state index contributed by atoms with van der Waals surface area (Å²) in [6.45, 7) is 0.689. The highest BCUT2D eigenvalue weighted by atomic mass is 32.2. The van der Waals surface area contributed by atoms with E-state index >= 15 is 0 Å². The SMILES string of the molecule is O=C(O)C1CSCCN1c1cnc2ccccc2n1. The van der Waals surface area contributed by atoms with E-state index in [0.29, 0.717) is 18.1 Å². The number of carboxylic acids is 1. The lowest BCUT2D eigenvalue weighted by molar-refractivity contribution is -0.138. The maximum Gasteiger partial charge on any atom is 0.327 e. The Hall–Kier alpha value is -1.82. The average molecular weight is 275 g/mol. The van der Waals surface area contributed by atoms with Crippen molar-refractivity contribution in [2.24, 2.45) is 0 Å². The molecule has 1 unspecified atom stereocenters. The van der Waals surface area contributed by atoms with Gasteiger partial charge in [0.05, 0.1) is 17.2 Å². The zero-order valence-electron chi connectivity index (χ0n) is 10.2. The highest BCUT2D eigenvalue weighted by Crippen LogP contribution is 2.23. The van der Waals surface area contributed by atoms with Crippen molar-refractivity contribution < 1.29 is 9.90 Å². The van der Waals surface area contributed by atoms with Crippen LogP contribution in [0.2, 0.25) is 0 Å². The van der Waals surface area contributed by atoms with Gasteiger partial charge >= 0.3 is 5.97 Å². The van der Waals surface area contributed by atoms with Crippen molar-refractivity contribution in [1.29, 1.82) is 0 Å². The Labute approximate surface area is 114 Å². The van der Waals surface area contributed by atoms with E-state index in [9.17, 15) is 9.90 Å². The third kappa shape index (κ3) is 2.35. The average Bonchev–Trinajstić information content (AvgIpc) is 2.46. The fraction of sp³-hybridized carbons (Fsp3) is 0.308. The molecular weight excluding hydrogens is 262 g/mol. The van der Waals surface area contributed by atoms with Crippen LogP contribution in [0.4, 0.5) is 5.82 Å². The van der Waals surface area contributed by atoms with Gasteiger partial charge in [0.2, 0.25) is 0 Å². The summed E-state index contributed by atoms with van der Waals surface area (Å²) in [6.07, 6.45) is 1.66. The highest BCUT2D eigenvalue weighted by Gasteiger charge is 2.30. The number of hydrogen-bond acceptors (Lipinski definition) is 5. The van der Waals surface area contributed by atoms with Gasteiger partial charge in [0.25, 0.3) is 0 Å². The third-order valence-corrected chi connectivity index (χ3v) is 4.17. The van der Waals surface area contributed by atoms with Crippen LogP contribution in [0.25, 0.3) is 11.0 Å². The Balaban J connectivity index is 1.99. The largest absolute Gasteiger partial charge is 0.480 e. The summed E-state index contributed by atoms with van der Waals surface area (Å²) in [7, 11) is 0. The lowest BCUT2D eigenvalue weighted by Gasteiger charge is -2.33. The second-order valence-electron chi connectivity index (χ2n) is 4.34. The number of hydrogen-bond donors (Lipinski definition) is 1. The Morgan fingerprint density at radius 1 is 1.37 bits per heavy atom. The first-order chi connectivity index (χ1) is 9.25. The maximum absolute atomic E-state index is 11.3. The molecule has 2 heterocycles. The van der Waals surface area contributed by atoms with E-state index in [-0.39, 0.29) is 0 Å². The van der Waals surface area contributed by atoms with Crippen molar-refractivity contribution in [1.82, 2.24) is 9.97 Å². The molecule has 0 bridgehead atoms. The number of aliphatic carboxylic acids is 1. The van der Waals surface area contributed by atoms with Crippen molar-refractivity contribution >= 4 is 34.6 Å². The molecule has 1 saturated heterocycles. The second-order valence-corrected chi connectivity index (χ2v) is 5.49. The van der Waals surface area contributed by atoms with E-state index in [1.807, 2.05) is 29.2 Å². The number of rotatable bonds is 2. The predicted octanol–water partition coefficient (Wildman–Crippen LogP) is 1.64. The van der Waals surface area contributed by atoms with E-state index in [1.165, 1.54) is 0 Å². The standard InChI is InChI=1S/C13H13N3O2S/c17-13(18)11-8-19-6-5-16(11)12-7-14-9-3-1-2-4-10(9)15-12/h1-4,7,11H,5-6,8H2,(H,17,18). The van der Waals surface area contributed by atoms with Crippen molar-refractivity contribution in [2.75, 3.05) is 23.0 Å². The van der Waals surface area contributed by atoms with Crippen molar-refractivity contribution in [3.8, 4) is 0 Å². The van der Waals surface area contributed by atoms with E-state index in [2.05, 4.69) is 9.97 Å². The van der Waals surface area contributed by atoms with Crippen molar-refractivity contribution in [2.45, 2.75) is 6.04 Å². The number of carbonyl (C=O) groups is 1. The fourth-order valence-corrected chi connectivity index (χ4v) is 3.21. The predicted molar refractivity (Wildman–Crippen MR) is 75.6 cm³/mol.